The molecule has 0 aromatic heterocycles. The van der Waals surface area contributed by atoms with Crippen molar-refractivity contribution in [1.82, 2.24) is 0 Å². The summed E-state index contributed by atoms with van der Waals surface area (Å²) in [5.74, 6) is 0. The van der Waals surface area contributed by atoms with E-state index in [-0.39, 0.29) is 0 Å². The van der Waals surface area contributed by atoms with Crippen LogP contribution in [-0.2, 0) is 4.52 Å². The molecule has 0 aromatic carbocycles. The SMILES string of the molecule is CCCCCCCCCCCCCCCCCCCCCCCCCCCCCCCCOP(O)O. The highest BCUT2D eigenvalue weighted by atomic mass is 31.2. The van der Waals surface area contributed by atoms with Gasteiger partial charge in [-0.2, -0.15) is 0 Å². The van der Waals surface area contributed by atoms with Crippen LogP contribution in [0.5, 0.6) is 0 Å². The summed E-state index contributed by atoms with van der Waals surface area (Å²) in [7, 11) is -2.15. The van der Waals surface area contributed by atoms with E-state index in [1.807, 2.05) is 0 Å². The molecule has 36 heavy (non-hydrogen) atoms. The van der Waals surface area contributed by atoms with Crippen LogP contribution in [0, 0.1) is 0 Å². The molecule has 0 bridgehead atoms. The van der Waals surface area contributed by atoms with E-state index >= 15 is 0 Å². The maximum atomic E-state index is 8.66. The Bertz CT molecular complexity index is 378. The molecule has 0 aliphatic rings. The average Bonchev–Trinajstić information content (AvgIpc) is 2.87. The third kappa shape index (κ3) is 34.3. The topological polar surface area (TPSA) is 49.7 Å². The van der Waals surface area contributed by atoms with E-state index in [0.29, 0.717) is 6.61 Å². The standard InChI is InChI=1S/C32H67O3P/c1-2-3-4-5-6-7-8-9-10-11-12-13-14-15-16-17-18-19-20-21-22-23-24-25-26-27-28-29-30-31-32-35-36(33)34/h33-34H,2-32H2,1H3. The molecular weight excluding hydrogens is 463 g/mol. The fourth-order valence-corrected chi connectivity index (χ4v) is 5.56. The zero-order valence-corrected chi connectivity index (χ0v) is 25.6. The van der Waals surface area contributed by atoms with Gasteiger partial charge in [0.15, 0.2) is 0 Å². The normalized spacial score (nSPS) is 11.7. The first kappa shape index (κ1) is 36.3. The highest BCUT2D eigenvalue weighted by molar-refractivity contribution is 7.39. The predicted octanol–water partition coefficient (Wildman–Crippen LogP) is 11.9. The van der Waals surface area contributed by atoms with E-state index in [1.54, 1.807) is 0 Å². The van der Waals surface area contributed by atoms with Crippen LogP contribution in [0.3, 0.4) is 0 Å². The molecule has 0 unspecified atom stereocenters. The molecular formula is C32H67O3P. The van der Waals surface area contributed by atoms with Crippen LogP contribution in [0.25, 0.3) is 0 Å². The molecule has 0 rings (SSSR count). The second-order valence-corrected chi connectivity index (χ2v) is 12.1. The van der Waals surface area contributed by atoms with Crippen LogP contribution in [-0.4, -0.2) is 16.4 Å². The molecule has 0 heterocycles. The first-order valence-electron chi connectivity index (χ1n) is 16.6. The van der Waals surface area contributed by atoms with Crippen molar-refractivity contribution >= 4 is 8.60 Å². The van der Waals surface area contributed by atoms with Gasteiger partial charge < -0.3 is 14.3 Å². The fourth-order valence-electron chi connectivity index (χ4n) is 5.27. The molecule has 0 fully saturated rings. The van der Waals surface area contributed by atoms with Gasteiger partial charge in [-0.1, -0.05) is 193 Å². The zero-order chi connectivity index (χ0) is 26.2. The van der Waals surface area contributed by atoms with Gasteiger partial charge in [-0.05, 0) is 6.42 Å². The van der Waals surface area contributed by atoms with Crippen molar-refractivity contribution in [2.24, 2.45) is 0 Å². The highest BCUT2D eigenvalue weighted by Crippen LogP contribution is 2.24. The third-order valence-corrected chi connectivity index (χ3v) is 8.12. The molecule has 0 atom stereocenters. The molecule has 0 aliphatic carbocycles. The first-order valence-corrected chi connectivity index (χ1v) is 17.7. The van der Waals surface area contributed by atoms with Crippen molar-refractivity contribution in [2.45, 2.75) is 200 Å². The molecule has 0 spiro atoms. The summed E-state index contributed by atoms with van der Waals surface area (Å²) >= 11 is 0. The van der Waals surface area contributed by atoms with Gasteiger partial charge in [0, 0.05) is 0 Å². The fraction of sp³-hybridized carbons (Fsp3) is 1.00. The lowest BCUT2D eigenvalue weighted by molar-refractivity contribution is 0.248. The minimum Gasteiger partial charge on any atom is -0.328 e. The van der Waals surface area contributed by atoms with Crippen molar-refractivity contribution in [1.29, 1.82) is 0 Å². The zero-order valence-electron chi connectivity index (χ0n) is 24.7. The van der Waals surface area contributed by atoms with Gasteiger partial charge in [0.25, 0.3) is 0 Å². The van der Waals surface area contributed by atoms with Gasteiger partial charge in [0.2, 0.25) is 0 Å². The second-order valence-electron chi connectivity index (χ2n) is 11.3. The molecule has 218 valence electrons. The van der Waals surface area contributed by atoms with E-state index in [2.05, 4.69) is 6.92 Å². The lowest BCUT2D eigenvalue weighted by atomic mass is 10.0. The number of rotatable bonds is 32. The Kier molecular flexibility index (Phi) is 33.6. The van der Waals surface area contributed by atoms with Gasteiger partial charge in [0.1, 0.15) is 0 Å². The minimum absolute atomic E-state index is 0.484. The van der Waals surface area contributed by atoms with E-state index < -0.39 is 8.60 Å². The van der Waals surface area contributed by atoms with Crippen molar-refractivity contribution in [2.75, 3.05) is 6.61 Å². The summed E-state index contributed by atoms with van der Waals surface area (Å²) in [6.45, 7) is 2.78. The average molecular weight is 531 g/mol. The van der Waals surface area contributed by atoms with Gasteiger partial charge in [-0.3, -0.25) is 0 Å². The molecule has 0 aliphatic heterocycles. The Labute approximate surface area is 229 Å². The summed E-state index contributed by atoms with van der Waals surface area (Å²) in [5, 5.41) is 0. The van der Waals surface area contributed by atoms with Crippen LogP contribution in [0.1, 0.15) is 200 Å². The Morgan fingerprint density at radius 3 is 0.722 bits per heavy atom. The summed E-state index contributed by atoms with van der Waals surface area (Å²) in [6, 6.07) is 0. The van der Waals surface area contributed by atoms with E-state index in [9.17, 15) is 0 Å². The minimum atomic E-state index is -2.15. The smallest absolute Gasteiger partial charge is 0.327 e. The maximum absolute atomic E-state index is 8.66. The molecule has 0 aromatic rings. The Balaban J connectivity index is 3.01. The molecule has 4 heteroatoms. The van der Waals surface area contributed by atoms with Gasteiger partial charge in [-0.15, -0.1) is 0 Å². The summed E-state index contributed by atoms with van der Waals surface area (Å²) in [4.78, 5) is 17.3. The summed E-state index contributed by atoms with van der Waals surface area (Å²) in [5.41, 5.74) is 0. The van der Waals surface area contributed by atoms with E-state index in [0.717, 1.165) is 12.8 Å². The molecule has 2 N–H and O–H groups in total. The van der Waals surface area contributed by atoms with Crippen molar-refractivity contribution in [3.8, 4) is 0 Å². The number of unbranched alkanes of at least 4 members (excludes halogenated alkanes) is 29. The van der Waals surface area contributed by atoms with E-state index in [4.69, 9.17) is 14.3 Å². The van der Waals surface area contributed by atoms with Gasteiger partial charge in [0.05, 0.1) is 6.61 Å². The third-order valence-electron chi connectivity index (χ3n) is 7.70. The Morgan fingerprint density at radius 1 is 0.333 bits per heavy atom. The highest BCUT2D eigenvalue weighted by Gasteiger charge is 1.99. The van der Waals surface area contributed by atoms with Crippen LogP contribution in [0.4, 0.5) is 0 Å². The number of hydrogen-bond acceptors (Lipinski definition) is 3. The van der Waals surface area contributed by atoms with Crippen molar-refractivity contribution in [3.63, 3.8) is 0 Å². The molecule has 3 nitrogen and oxygen atoms in total. The Hall–Kier alpha value is 0.310. The van der Waals surface area contributed by atoms with Crippen LogP contribution in [0.2, 0.25) is 0 Å². The summed E-state index contributed by atoms with van der Waals surface area (Å²) < 4.78 is 4.78. The van der Waals surface area contributed by atoms with E-state index in [1.165, 1.54) is 180 Å². The maximum Gasteiger partial charge on any atom is 0.327 e. The van der Waals surface area contributed by atoms with Crippen LogP contribution < -0.4 is 0 Å². The number of hydrogen-bond donors (Lipinski definition) is 2. The molecule has 0 amide bonds. The van der Waals surface area contributed by atoms with Crippen molar-refractivity contribution < 1.29 is 14.3 Å². The van der Waals surface area contributed by atoms with Crippen molar-refractivity contribution in [3.05, 3.63) is 0 Å². The lowest BCUT2D eigenvalue weighted by Gasteiger charge is -2.05. The lowest BCUT2D eigenvalue weighted by Crippen LogP contribution is -1.89. The predicted molar refractivity (Wildman–Crippen MR) is 161 cm³/mol. The summed E-state index contributed by atoms with van der Waals surface area (Å²) in [6.07, 6.45) is 42.3. The van der Waals surface area contributed by atoms with Crippen LogP contribution >= 0.6 is 8.60 Å². The molecule has 0 saturated heterocycles. The van der Waals surface area contributed by atoms with Gasteiger partial charge >= 0.3 is 8.60 Å². The first-order chi connectivity index (χ1) is 17.8. The molecule has 0 saturated carbocycles. The largest absolute Gasteiger partial charge is 0.328 e. The van der Waals surface area contributed by atoms with Crippen LogP contribution in [0.15, 0.2) is 0 Å². The molecule has 0 radical (unpaired) electrons. The quantitative estimate of drug-likeness (QED) is 0.0671. The van der Waals surface area contributed by atoms with Gasteiger partial charge in [-0.25, -0.2) is 0 Å². The monoisotopic (exact) mass is 530 g/mol. The Morgan fingerprint density at radius 2 is 0.528 bits per heavy atom. The second kappa shape index (κ2) is 33.3.